The summed E-state index contributed by atoms with van der Waals surface area (Å²) in [5, 5.41) is 12.4. The second-order valence-corrected chi connectivity index (χ2v) is 4.22. The van der Waals surface area contributed by atoms with E-state index in [0.29, 0.717) is 6.04 Å². The van der Waals surface area contributed by atoms with Crippen molar-refractivity contribution in [3.8, 4) is 0 Å². The zero-order chi connectivity index (χ0) is 10.5. The Morgan fingerprint density at radius 2 is 2.00 bits per heavy atom. The summed E-state index contributed by atoms with van der Waals surface area (Å²) in [7, 11) is 0. The first kappa shape index (κ1) is 10.7. The van der Waals surface area contributed by atoms with E-state index in [0.717, 1.165) is 13.0 Å². The van der Waals surface area contributed by atoms with E-state index in [9.17, 15) is 0 Å². The van der Waals surface area contributed by atoms with Crippen molar-refractivity contribution < 1.29 is 5.11 Å². The van der Waals surface area contributed by atoms with Gasteiger partial charge in [0.05, 0.1) is 0 Å². The van der Waals surface area contributed by atoms with E-state index in [1.807, 2.05) is 0 Å². The largest absolute Gasteiger partial charge is 0.396 e. The minimum Gasteiger partial charge on any atom is -0.396 e. The van der Waals surface area contributed by atoms with Gasteiger partial charge in [0.15, 0.2) is 0 Å². The van der Waals surface area contributed by atoms with Crippen molar-refractivity contribution >= 4 is 0 Å². The zero-order valence-electron chi connectivity index (χ0n) is 9.08. The molecule has 82 valence electrons. The SMILES string of the molecule is OCCc1ccc(C2CCCCN2)cc1. The summed E-state index contributed by atoms with van der Waals surface area (Å²) < 4.78 is 0. The van der Waals surface area contributed by atoms with E-state index in [4.69, 9.17) is 5.11 Å². The first-order valence-corrected chi connectivity index (χ1v) is 5.83. The van der Waals surface area contributed by atoms with Crippen LogP contribution in [0.5, 0.6) is 0 Å². The Morgan fingerprint density at radius 3 is 2.60 bits per heavy atom. The van der Waals surface area contributed by atoms with Gasteiger partial charge >= 0.3 is 0 Å². The monoisotopic (exact) mass is 205 g/mol. The highest BCUT2D eigenvalue weighted by Crippen LogP contribution is 2.22. The van der Waals surface area contributed by atoms with Gasteiger partial charge in [0.2, 0.25) is 0 Å². The minimum atomic E-state index is 0.237. The molecule has 1 unspecified atom stereocenters. The smallest absolute Gasteiger partial charge is 0.0471 e. The van der Waals surface area contributed by atoms with Crippen LogP contribution in [0.4, 0.5) is 0 Å². The highest BCUT2D eigenvalue weighted by atomic mass is 16.2. The molecule has 1 aromatic carbocycles. The maximum Gasteiger partial charge on any atom is 0.0471 e. The van der Waals surface area contributed by atoms with Crippen LogP contribution in [0.3, 0.4) is 0 Å². The van der Waals surface area contributed by atoms with Gasteiger partial charge in [-0.2, -0.15) is 0 Å². The Labute approximate surface area is 91.3 Å². The molecule has 2 N–H and O–H groups in total. The standard InChI is InChI=1S/C13H19NO/c15-10-8-11-4-6-12(7-5-11)13-3-1-2-9-14-13/h4-7,13-15H,1-3,8-10H2. The predicted octanol–water partition coefficient (Wildman–Crippen LogP) is 2.04. The normalized spacial score (nSPS) is 21.5. The summed E-state index contributed by atoms with van der Waals surface area (Å²) in [4.78, 5) is 0. The fraction of sp³-hybridized carbons (Fsp3) is 0.538. The van der Waals surface area contributed by atoms with E-state index in [1.165, 1.54) is 30.4 Å². The molecule has 0 aliphatic carbocycles. The third-order valence-corrected chi connectivity index (χ3v) is 3.09. The van der Waals surface area contributed by atoms with E-state index in [1.54, 1.807) is 0 Å². The van der Waals surface area contributed by atoms with Gasteiger partial charge < -0.3 is 10.4 Å². The summed E-state index contributed by atoms with van der Waals surface area (Å²) in [5.41, 5.74) is 2.61. The van der Waals surface area contributed by atoms with Gasteiger partial charge in [-0.1, -0.05) is 30.7 Å². The molecule has 0 spiro atoms. The van der Waals surface area contributed by atoms with Crippen LogP contribution in [-0.4, -0.2) is 18.3 Å². The van der Waals surface area contributed by atoms with Crippen LogP contribution >= 0.6 is 0 Å². The quantitative estimate of drug-likeness (QED) is 0.791. The summed E-state index contributed by atoms with van der Waals surface area (Å²) in [5.74, 6) is 0. The van der Waals surface area contributed by atoms with Crippen molar-refractivity contribution in [3.05, 3.63) is 35.4 Å². The summed E-state index contributed by atoms with van der Waals surface area (Å²) in [6.45, 7) is 1.38. The third-order valence-electron chi connectivity index (χ3n) is 3.09. The van der Waals surface area contributed by atoms with Crippen LogP contribution < -0.4 is 5.32 Å². The van der Waals surface area contributed by atoms with E-state index >= 15 is 0 Å². The van der Waals surface area contributed by atoms with E-state index in [2.05, 4.69) is 29.6 Å². The molecule has 1 aromatic rings. The van der Waals surface area contributed by atoms with Crippen molar-refractivity contribution in [2.45, 2.75) is 31.7 Å². The van der Waals surface area contributed by atoms with Crippen molar-refractivity contribution in [1.82, 2.24) is 5.32 Å². The Kier molecular flexibility index (Phi) is 3.75. The number of aliphatic hydroxyl groups excluding tert-OH is 1. The highest BCUT2D eigenvalue weighted by molar-refractivity contribution is 5.25. The van der Waals surface area contributed by atoms with Gasteiger partial charge in [0.25, 0.3) is 0 Å². The lowest BCUT2D eigenvalue weighted by atomic mass is 9.96. The van der Waals surface area contributed by atoms with Crippen molar-refractivity contribution in [3.63, 3.8) is 0 Å². The lowest BCUT2D eigenvalue weighted by Crippen LogP contribution is -2.26. The van der Waals surface area contributed by atoms with E-state index < -0.39 is 0 Å². The number of piperidine rings is 1. The van der Waals surface area contributed by atoms with Crippen molar-refractivity contribution in [1.29, 1.82) is 0 Å². The first-order valence-electron chi connectivity index (χ1n) is 5.83. The summed E-state index contributed by atoms with van der Waals surface area (Å²) in [6, 6.07) is 9.17. The lowest BCUT2D eigenvalue weighted by Gasteiger charge is -2.23. The van der Waals surface area contributed by atoms with Gasteiger partial charge in [-0.25, -0.2) is 0 Å². The predicted molar refractivity (Wildman–Crippen MR) is 61.8 cm³/mol. The van der Waals surface area contributed by atoms with Gasteiger partial charge in [0.1, 0.15) is 0 Å². The van der Waals surface area contributed by atoms with E-state index in [-0.39, 0.29) is 6.61 Å². The lowest BCUT2D eigenvalue weighted by molar-refractivity contribution is 0.299. The second kappa shape index (κ2) is 5.29. The molecule has 2 rings (SSSR count). The Balaban J connectivity index is 2.02. The van der Waals surface area contributed by atoms with Crippen LogP contribution in [0.15, 0.2) is 24.3 Å². The zero-order valence-corrected chi connectivity index (χ0v) is 9.08. The molecule has 2 nitrogen and oxygen atoms in total. The molecule has 1 saturated heterocycles. The van der Waals surface area contributed by atoms with Gasteiger partial charge in [-0.15, -0.1) is 0 Å². The minimum absolute atomic E-state index is 0.237. The van der Waals surface area contributed by atoms with Crippen LogP contribution in [-0.2, 0) is 6.42 Å². The number of nitrogens with one attached hydrogen (secondary N) is 1. The van der Waals surface area contributed by atoms with Gasteiger partial charge in [-0.3, -0.25) is 0 Å². The molecule has 15 heavy (non-hydrogen) atoms. The number of hydrogen-bond acceptors (Lipinski definition) is 2. The number of hydrogen-bond donors (Lipinski definition) is 2. The Bertz CT molecular complexity index is 288. The van der Waals surface area contributed by atoms with Crippen LogP contribution in [0, 0.1) is 0 Å². The fourth-order valence-corrected chi connectivity index (χ4v) is 2.18. The molecule has 1 aliphatic rings. The molecule has 1 atom stereocenters. The summed E-state index contributed by atoms with van der Waals surface area (Å²) in [6.07, 6.45) is 4.65. The molecule has 0 bridgehead atoms. The van der Waals surface area contributed by atoms with Crippen molar-refractivity contribution in [2.75, 3.05) is 13.2 Å². The van der Waals surface area contributed by atoms with Crippen LogP contribution in [0.1, 0.15) is 36.4 Å². The number of rotatable bonds is 3. The average Bonchev–Trinajstić information content (AvgIpc) is 2.32. The topological polar surface area (TPSA) is 32.3 Å². The fourth-order valence-electron chi connectivity index (χ4n) is 2.18. The van der Waals surface area contributed by atoms with Crippen molar-refractivity contribution in [2.24, 2.45) is 0 Å². The molecular weight excluding hydrogens is 186 g/mol. The van der Waals surface area contributed by atoms with Crippen LogP contribution in [0.25, 0.3) is 0 Å². The van der Waals surface area contributed by atoms with Gasteiger partial charge in [0, 0.05) is 12.6 Å². The molecule has 1 fully saturated rings. The molecule has 0 amide bonds. The molecule has 2 heteroatoms. The Hall–Kier alpha value is -0.860. The van der Waals surface area contributed by atoms with Crippen LogP contribution in [0.2, 0.25) is 0 Å². The average molecular weight is 205 g/mol. The molecule has 0 aromatic heterocycles. The molecular formula is C13H19NO. The second-order valence-electron chi connectivity index (χ2n) is 4.22. The highest BCUT2D eigenvalue weighted by Gasteiger charge is 2.13. The Morgan fingerprint density at radius 1 is 1.20 bits per heavy atom. The molecule has 1 aliphatic heterocycles. The molecule has 0 radical (unpaired) electrons. The molecule has 0 saturated carbocycles. The maximum atomic E-state index is 8.83. The third kappa shape index (κ3) is 2.80. The summed E-state index contributed by atoms with van der Waals surface area (Å²) >= 11 is 0. The van der Waals surface area contributed by atoms with Gasteiger partial charge in [-0.05, 0) is 36.9 Å². The first-order chi connectivity index (χ1) is 7.40. The number of benzene rings is 1. The molecule has 1 heterocycles. The number of aliphatic hydroxyl groups is 1. The maximum absolute atomic E-state index is 8.83.